The Morgan fingerprint density at radius 2 is 1.07 bits per heavy atom. The van der Waals surface area contributed by atoms with Crippen LogP contribution in [0.5, 0.6) is 11.8 Å². The Morgan fingerprint density at radius 1 is 0.676 bits per heavy atom. The van der Waals surface area contributed by atoms with Crippen molar-refractivity contribution in [2.75, 3.05) is 59.0 Å². The molecule has 356 valence electrons. The van der Waals surface area contributed by atoms with E-state index in [9.17, 15) is 19.8 Å². The Hall–Kier alpha value is -7.32. The Kier molecular flexibility index (Phi) is 11.7. The Morgan fingerprint density at radius 3 is 1.44 bits per heavy atom. The van der Waals surface area contributed by atoms with E-state index < -0.39 is 35.0 Å². The number of benzene rings is 2. The van der Waals surface area contributed by atoms with Gasteiger partial charge >= 0.3 is 12.2 Å². The lowest BCUT2D eigenvalue weighted by molar-refractivity contribution is -0.154. The molecule has 4 aromatic heterocycles. The highest BCUT2D eigenvalue weighted by molar-refractivity contribution is 6.01. The molecule has 0 bridgehead atoms. The molecule has 2 saturated carbocycles. The molecular formula is C48H52F2N10O8. The van der Waals surface area contributed by atoms with Gasteiger partial charge in [-0.05, 0) is 73.9 Å². The quantitative estimate of drug-likeness (QED) is 0.0745. The molecular weight excluding hydrogens is 883 g/mol. The summed E-state index contributed by atoms with van der Waals surface area (Å²) >= 11 is 0. The molecule has 2 amide bonds. The third-order valence-corrected chi connectivity index (χ3v) is 13.8. The van der Waals surface area contributed by atoms with Crippen molar-refractivity contribution in [2.45, 2.75) is 77.8 Å². The summed E-state index contributed by atoms with van der Waals surface area (Å²) in [6.07, 6.45) is 4.63. The average Bonchev–Trinajstić information content (AvgIpc) is 3.31. The van der Waals surface area contributed by atoms with Crippen LogP contribution in [0.2, 0.25) is 0 Å². The summed E-state index contributed by atoms with van der Waals surface area (Å²) in [6, 6.07) is 6.53. The van der Waals surface area contributed by atoms with E-state index in [2.05, 4.69) is 41.2 Å². The summed E-state index contributed by atoms with van der Waals surface area (Å²) in [5.74, 6) is -0.0181. The molecule has 0 saturated heterocycles. The number of nitrogens with one attached hydrogen (secondary N) is 4. The zero-order chi connectivity index (χ0) is 48.4. The fraction of sp³-hybridized carbons (Fsp3) is 0.375. The normalized spacial score (nSPS) is 23.3. The molecule has 6 atom stereocenters. The van der Waals surface area contributed by atoms with Crippen molar-refractivity contribution in [1.29, 1.82) is 0 Å². The molecule has 6 heterocycles. The molecule has 20 heteroatoms. The number of aromatic nitrogens is 4. The summed E-state index contributed by atoms with van der Waals surface area (Å²) in [6.45, 7) is 13.1. The number of nitrogens with zero attached hydrogens (tertiary/aromatic N) is 4. The number of hydrogen-bond donors (Lipinski definition) is 8. The summed E-state index contributed by atoms with van der Waals surface area (Å²) in [7, 11) is 0. The Balaban J connectivity index is 0.000000170. The lowest BCUT2D eigenvalue weighted by Gasteiger charge is -2.46. The van der Waals surface area contributed by atoms with Crippen LogP contribution < -0.4 is 42.2 Å². The van der Waals surface area contributed by atoms with E-state index in [-0.39, 0.29) is 58.2 Å². The SMILES string of the molecule is Cc1c(-c2cc3cc(NC(=O)OC4C[C@](C)(O)[C@@H]4C)ncc3c(N)c2F)cnc2c1NCCO2.Cc1c(-c2cc3cc(NC(=O)O[C@H]4C[C@@](C)(O)[C@H]4C)ncc3c(N)c2F)cnc2c1NCCO2. The van der Waals surface area contributed by atoms with Crippen LogP contribution in [0.25, 0.3) is 43.8 Å². The molecule has 10 rings (SSSR count). The second-order valence-corrected chi connectivity index (χ2v) is 18.2. The van der Waals surface area contributed by atoms with Crippen LogP contribution in [0.4, 0.5) is 52.8 Å². The van der Waals surface area contributed by atoms with Gasteiger partial charge in [-0.3, -0.25) is 10.6 Å². The van der Waals surface area contributed by atoms with Crippen LogP contribution in [0.15, 0.2) is 49.1 Å². The molecule has 2 fully saturated rings. The summed E-state index contributed by atoms with van der Waals surface area (Å²) in [5.41, 5.74) is 15.3. The van der Waals surface area contributed by atoms with Crippen LogP contribution in [-0.4, -0.2) is 92.0 Å². The summed E-state index contributed by atoms with van der Waals surface area (Å²) in [4.78, 5) is 41.7. The molecule has 0 spiro atoms. The number of rotatable bonds is 6. The number of carbonyl (C=O) groups excluding carboxylic acids is 2. The minimum absolute atomic E-state index is 0.0408. The first kappa shape index (κ1) is 45.8. The van der Waals surface area contributed by atoms with Gasteiger partial charge in [-0.15, -0.1) is 0 Å². The van der Waals surface area contributed by atoms with E-state index in [1.807, 2.05) is 27.7 Å². The van der Waals surface area contributed by atoms with Crippen molar-refractivity contribution in [3.63, 3.8) is 0 Å². The maximum Gasteiger partial charge on any atom is 0.413 e. The number of fused-ring (bicyclic) bond motifs is 4. The predicted octanol–water partition coefficient (Wildman–Crippen LogP) is 7.68. The minimum Gasteiger partial charge on any atom is -0.474 e. The zero-order valence-corrected chi connectivity index (χ0v) is 38.2. The molecule has 0 radical (unpaired) electrons. The number of ether oxygens (including phenoxy) is 4. The number of carbonyl (C=O) groups is 2. The maximum absolute atomic E-state index is 15.3. The number of nitrogen functional groups attached to an aromatic ring is 2. The monoisotopic (exact) mass is 934 g/mol. The van der Waals surface area contributed by atoms with Gasteiger partial charge < -0.3 is 51.3 Å². The van der Waals surface area contributed by atoms with Crippen molar-refractivity contribution in [2.24, 2.45) is 11.8 Å². The van der Waals surface area contributed by atoms with Crippen LogP contribution in [0.3, 0.4) is 0 Å². The molecule has 2 aliphatic carbocycles. The topological polar surface area (TPSA) is 263 Å². The third-order valence-electron chi connectivity index (χ3n) is 13.8. The number of halogens is 2. The third kappa shape index (κ3) is 8.37. The number of anilines is 6. The highest BCUT2D eigenvalue weighted by Gasteiger charge is 2.50. The first-order valence-electron chi connectivity index (χ1n) is 22.2. The second kappa shape index (κ2) is 17.4. The number of hydrogen-bond acceptors (Lipinski definition) is 16. The van der Waals surface area contributed by atoms with Gasteiger partial charge in [0.05, 0.1) is 22.6 Å². The number of aliphatic hydroxyl groups is 2. The molecule has 2 aliphatic heterocycles. The highest BCUT2D eigenvalue weighted by atomic mass is 19.1. The van der Waals surface area contributed by atoms with Crippen LogP contribution in [0.1, 0.15) is 51.7 Å². The number of pyridine rings is 4. The lowest BCUT2D eigenvalue weighted by Crippen LogP contribution is -2.55. The van der Waals surface area contributed by atoms with Gasteiger partial charge in [0.25, 0.3) is 0 Å². The van der Waals surface area contributed by atoms with E-state index in [4.69, 9.17) is 30.4 Å². The largest absolute Gasteiger partial charge is 0.474 e. The number of amides is 2. The average molecular weight is 935 g/mol. The van der Waals surface area contributed by atoms with Gasteiger partial charge in [-0.1, -0.05) is 13.8 Å². The van der Waals surface area contributed by atoms with E-state index in [0.29, 0.717) is 83.6 Å². The lowest BCUT2D eigenvalue weighted by atomic mass is 9.69. The van der Waals surface area contributed by atoms with E-state index >= 15 is 8.78 Å². The maximum atomic E-state index is 15.3. The summed E-state index contributed by atoms with van der Waals surface area (Å²) in [5, 5.41) is 33.8. The molecule has 2 aromatic carbocycles. The van der Waals surface area contributed by atoms with Gasteiger partial charge in [0.15, 0.2) is 11.6 Å². The first-order chi connectivity index (χ1) is 32.3. The van der Waals surface area contributed by atoms with Crippen LogP contribution >= 0.6 is 0 Å². The van der Waals surface area contributed by atoms with Crippen LogP contribution in [-0.2, 0) is 9.47 Å². The van der Waals surface area contributed by atoms with Crippen molar-refractivity contribution < 1.29 is 47.5 Å². The van der Waals surface area contributed by atoms with E-state index in [1.54, 1.807) is 50.5 Å². The molecule has 10 N–H and O–H groups in total. The smallest absolute Gasteiger partial charge is 0.413 e. The van der Waals surface area contributed by atoms with Crippen molar-refractivity contribution in [1.82, 2.24) is 19.9 Å². The zero-order valence-electron chi connectivity index (χ0n) is 38.2. The van der Waals surface area contributed by atoms with Crippen molar-refractivity contribution in [3.8, 4) is 34.0 Å². The Labute approximate surface area is 389 Å². The fourth-order valence-corrected chi connectivity index (χ4v) is 8.96. The molecule has 18 nitrogen and oxygen atoms in total. The van der Waals surface area contributed by atoms with Gasteiger partial charge in [0.2, 0.25) is 11.8 Å². The Bertz CT molecular complexity index is 2830. The van der Waals surface area contributed by atoms with Crippen LogP contribution in [0, 0.1) is 37.3 Å². The van der Waals surface area contributed by atoms with E-state index in [1.165, 1.54) is 12.4 Å². The fourth-order valence-electron chi connectivity index (χ4n) is 8.96. The standard InChI is InChI=1S/2C24H26FN5O4/c2*1-11-15(9-29-22-21(11)27-4-5-33-22)14-6-13-7-18(28-10-16(13)20(26)19(14)25)30-23(31)34-17-8-24(3,32)12(17)2/h2*6-7,9-10,12,17,27,32H,4-5,8,26H2,1-3H3,(H,28,30,31)/t12-,17?,24+;12-,17-,24+/m10/s1. The van der Waals surface area contributed by atoms with Gasteiger partial charge in [-0.2, -0.15) is 0 Å². The van der Waals surface area contributed by atoms with Crippen molar-refractivity contribution >= 4 is 68.1 Å². The molecule has 68 heavy (non-hydrogen) atoms. The molecule has 6 aromatic rings. The highest BCUT2D eigenvalue weighted by Crippen LogP contribution is 2.44. The second-order valence-electron chi connectivity index (χ2n) is 18.2. The van der Waals surface area contributed by atoms with Crippen molar-refractivity contribution in [3.05, 3.63) is 71.8 Å². The first-order valence-corrected chi connectivity index (χ1v) is 22.2. The summed E-state index contributed by atoms with van der Waals surface area (Å²) < 4.78 is 52.5. The van der Waals surface area contributed by atoms with Gasteiger partial charge in [0.1, 0.15) is 48.4 Å². The minimum atomic E-state index is -0.838. The van der Waals surface area contributed by atoms with Gasteiger partial charge in [-0.25, -0.2) is 38.3 Å². The van der Waals surface area contributed by atoms with E-state index in [0.717, 1.165) is 22.5 Å². The molecule has 4 aliphatic rings. The number of nitrogens with two attached hydrogens (primary N) is 2. The van der Waals surface area contributed by atoms with Gasteiger partial charge in [0, 0.05) is 95.6 Å². The molecule has 1 unspecified atom stereocenters. The predicted molar refractivity (Wildman–Crippen MR) is 253 cm³/mol.